The largest absolute Gasteiger partial charge is 0.377 e. The lowest BCUT2D eigenvalue weighted by Gasteiger charge is -2.07. The van der Waals surface area contributed by atoms with Gasteiger partial charge in [-0.15, -0.1) is 0 Å². The monoisotopic (exact) mass is 172 g/mol. The van der Waals surface area contributed by atoms with Crippen molar-refractivity contribution in [3.8, 4) is 0 Å². The molecule has 0 rings (SSSR count). The molecule has 0 unspecified atom stereocenters. The van der Waals surface area contributed by atoms with Crippen LogP contribution in [-0.4, -0.2) is 31.1 Å². The number of Topliss-reactive ketones (excluding diaryl/α,β-unsaturated/α-hetero) is 3. The minimum absolute atomic E-state index is 0.191. The molecule has 0 aromatic rings. The Kier molecular flexibility index (Phi) is 4.36. The fraction of sp³-hybridized carbons (Fsp3) is 0.625. The molecule has 4 heteroatoms. The Morgan fingerprint density at radius 3 is 1.83 bits per heavy atom. The molecule has 0 aromatic carbocycles. The van der Waals surface area contributed by atoms with Crippen molar-refractivity contribution in [2.45, 2.75) is 13.8 Å². The molecule has 0 radical (unpaired) electrons. The van der Waals surface area contributed by atoms with Crippen LogP contribution in [0.15, 0.2) is 0 Å². The molecule has 0 aliphatic heterocycles. The molecule has 0 N–H and O–H groups in total. The molecule has 0 heterocycles. The third-order valence-corrected chi connectivity index (χ3v) is 1.42. The number of carbonyl (C=O) groups excluding carboxylic acids is 3. The Morgan fingerprint density at radius 1 is 1.17 bits per heavy atom. The predicted octanol–water partition coefficient (Wildman–Crippen LogP) is -0.00390. The van der Waals surface area contributed by atoms with Crippen molar-refractivity contribution in [2.75, 3.05) is 13.7 Å². The van der Waals surface area contributed by atoms with Crippen LogP contribution < -0.4 is 0 Å². The molecule has 4 nitrogen and oxygen atoms in total. The molecular weight excluding hydrogens is 160 g/mol. The van der Waals surface area contributed by atoms with Gasteiger partial charge in [0.1, 0.15) is 24.1 Å². The lowest BCUT2D eigenvalue weighted by atomic mass is 9.96. The Hall–Kier alpha value is -1.03. The highest BCUT2D eigenvalue weighted by Crippen LogP contribution is 2.02. The van der Waals surface area contributed by atoms with Gasteiger partial charge in [0.25, 0.3) is 0 Å². The number of methoxy groups -OCH3 is 1. The van der Waals surface area contributed by atoms with Gasteiger partial charge in [0.15, 0.2) is 5.78 Å². The maximum absolute atomic E-state index is 11.1. The van der Waals surface area contributed by atoms with E-state index in [1.165, 1.54) is 21.0 Å². The van der Waals surface area contributed by atoms with Gasteiger partial charge in [0.2, 0.25) is 0 Å². The zero-order valence-electron chi connectivity index (χ0n) is 7.42. The molecule has 0 bridgehead atoms. The summed E-state index contributed by atoms with van der Waals surface area (Å²) in [4.78, 5) is 32.7. The van der Waals surface area contributed by atoms with Gasteiger partial charge in [-0.1, -0.05) is 0 Å². The van der Waals surface area contributed by atoms with Gasteiger partial charge in [-0.2, -0.15) is 0 Å². The van der Waals surface area contributed by atoms with E-state index in [0.717, 1.165) is 0 Å². The number of ether oxygens (including phenoxy) is 1. The standard InChI is InChI=1S/C8H12O4/c1-5(9)8(6(2)10)7(11)4-12-3/h8H,4H2,1-3H3. The van der Waals surface area contributed by atoms with Gasteiger partial charge in [-0.05, 0) is 13.8 Å². The van der Waals surface area contributed by atoms with Crippen molar-refractivity contribution < 1.29 is 19.1 Å². The van der Waals surface area contributed by atoms with Crippen molar-refractivity contribution in [2.24, 2.45) is 5.92 Å². The summed E-state index contributed by atoms with van der Waals surface area (Å²) in [6.45, 7) is 2.25. The average Bonchev–Trinajstić information content (AvgIpc) is 1.85. The van der Waals surface area contributed by atoms with Crippen molar-refractivity contribution in [3.63, 3.8) is 0 Å². The van der Waals surface area contributed by atoms with Crippen molar-refractivity contribution >= 4 is 17.3 Å². The summed E-state index contributed by atoms with van der Waals surface area (Å²) < 4.78 is 4.53. The first-order valence-electron chi connectivity index (χ1n) is 3.53. The minimum Gasteiger partial charge on any atom is -0.377 e. The Morgan fingerprint density at radius 2 is 1.58 bits per heavy atom. The first-order chi connectivity index (χ1) is 5.50. The topological polar surface area (TPSA) is 60.4 Å². The average molecular weight is 172 g/mol. The zero-order valence-corrected chi connectivity index (χ0v) is 7.42. The van der Waals surface area contributed by atoms with E-state index in [1.54, 1.807) is 0 Å². The number of hydrogen-bond donors (Lipinski definition) is 0. The van der Waals surface area contributed by atoms with E-state index in [-0.39, 0.29) is 6.61 Å². The van der Waals surface area contributed by atoms with E-state index in [1.807, 2.05) is 0 Å². The van der Waals surface area contributed by atoms with E-state index in [2.05, 4.69) is 4.74 Å². The molecule has 0 atom stereocenters. The van der Waals surface area contributed by atoms with Gasteiger partial charge >= 0.3 is 0 Å². The summed E-state index contributed by atoms with van der Waals surface area (Å²) in [6, 6.07) is 0. The molecule has 0 saturated carbocycles. The van der Waals surface area contributed by atoms with Crippen LogP contribution in [0.3, 0.4) is 0 Å². The van der Waals surface area contributed by atoms with Gasteiger partial charge < -0.3 is 4.74 Å². The molecule has 0 spiro atoms. The van der Waals surface area contributed by atoms with E-state index in [9.17, 15) is 14.4 Å². The van der Waals surface area contributed by atoms with Crippen molar-refractivity contribution in [3.05, 3.63) is 0 Å². The van der Waals surface area contributed by atoms with E-state index >= 15 is 0 Å². The molecule has 0 aromatic heterocycles. The molecule has 0 aliphatic carbocycles. The van der Waals surface area contributed by atoms with E-state index in [4.69, 9.17) is 0 Å². The minimum atomic E-state index is -1.13. The Bertz CT molecular complexity index is 193. The van der Waals surface area contributed by atoms with Crippen LogP contribution in [0.4, 0.5) is 0 Å². The van der Waals surface area contributed by atoms with Crippen molar-refractivity contribution in [1.29, 1.82) is 0 Å². The van der Waals surface area contributed by atoms with Crippen LogP contribution in [0.1, 0.15) is 13.8 Å². The number of carbonyl (C=O) groups is 3. The third kappa shape index (κ3) is 2.92. The summed E-state index contributed by atoms with van der Waals surface area (Å²) in [6.07, 6.45) is 0. The summed E-state index contributed by atoms with van der Waals surface area (Å²) in [5, 5.41) is 0. The molecule has 68 valence electrons. The first kappa shape index (κ1) is 11.0. The highest BCUT2D eigenvalue weighted by molar-refractivity contribution is 6.18. The quantitative estimate of drug-likeness (QED) is 0.547. The van der Waals surface area contributed by atoms with E-state index < -0.39 is 23.3 Å². The van der Waals surface area contributed by atoms with Crippen LogP contribution in [-0.2, 0) is 19.1 Å². The van der Waals surface area contributed by atoms with Gasteiger partial charge in [0.05, 0.1) is 0 Å². The van der Waals surface area contributed by atoms with Crippen LogP contribution in [0.5, 0.6) is 0 Å². The summed E-state index contributed by atoms with van der Waals surface area (Å²) in [5.41, 5.74) is 0. The maximum Gasteiger partial charge on any atom is 0.176 e. The van der Waals surface area contributed by atoms with Gasteiger partial charge in [-0.3, -0.25) is 14.4 Å². The van der Waals surface area contributed by atoms with Crippen LogP contribution in [0.25, 0.3) is 0 Å². The number of hydrogen-bond acceptors (Lipinski definition) is 4. The lowest BCUT2D eigenvalue weighted by Crippen LogP contribution is -2.31. The molecule has 0 saturated heterocycles. The lowest BCUT2D eigenvalue weighted by molar-refractivity contribution is -0.140. The number of ketones is 3. The van der Waals surface area contributed by atoms with Crippen molar-refractivity contribution in [1.82, 2.24) is 0 Å². The first-order valence-corrected chi connectivity index (χ1v) is 3.53. The normalized spacial score (nSPS) is 10.0. The summed E-state index contributed by atoms with van der Waals surface area (Å²) in [5.74, 6) is -2.46. The maximum atomic E-state index is 11.1. The van der Waals surface area contributed by atoms with Gasteiger partial charge in [-0.25, -0.2) is 0 Å². The highest BCUT2D eigenvalue weighted by Gasteiger charge is 2.27. The second-order valence-electron chi connectivity index (χ2n) is 2.55. The molecular formula is C8H12O4. The molecule has 0 amide bonds. The fourth-order valence-electron chi connectivity index (χ4n) is 0.965. The Balaban J connectivity index is 4.41. The highest BCUT2D eigenvalue weighted by atomic mass is 16.5. The third-order valence-electron chi connectivity index (χ3n) is 1.42. The molecule has 0 aliphatic rings. The SMILES string of the molecule is COCC(=O)C(C(C)=O)C(C)=O. The predicted molar refractivity (Wildman–Crippen MR) is 41.7 cm³/mol. The van der Waals surface area contributed by atoms with Crippen LogP contribution >= 0.6 is 0 Å². The summed E-state index contributed by atoms with van der Waals surface area (Å²) in [7, 11) is 1.34. The molecule has 0 fully saturated rings. The van der Waals surface area contributed by atoms with E-state index in [0.29, 0.717) is 0 Å². The zero-order chi connectivity index (χ0) is 9.72. The number of rotatable bonds is 5. The van der Waals surface area contributed by atoms with Crippen LogP contribution in [0, 0.1) is 5.92 Å². The second kappa shape index (κ2) is 4.77. The van der Waals surface area contributed by atoms with Gasteiger partial charge in [0, 0.05) is 7.11 Å². The molecule has 12 heavy (non-hydrogen) atoms. The second-order valence-corrected chi connectivity index (χ2v) is 2.55. The fourth-order valence-corrected chi connectivity index (χ4v) is 0.965. The van der Waals surface area contributed by atoms with Crippen LogP contribution in [0.2, 0.25) is 0 Å². The smallest absolute Gasteiger partial charge is 0.176 e. The Labute approximate surface area is 70.9 Å². The summed E-state index contributed by atoms with van der Waals surface area (Å²) >= 11 is 0.